The molecule has 0 N–H and O–H groups in total. The van der Waals surface area contributed by atoms with Crippen molar-refractivity contribution in [3.8, 4) is 28.1 Å². The molecule has 0 saturated carbocycles. The highest BCUT2D eigenvalue weighted by atomic mass is 79.9. The molecule has 0 saturated heterocycles. The summed E-state index contributed by atoms with van der Waals surface area (Å²) in [6.07, 6.45) is 0. The molecule has 1 heterocycles. The summed E-state index contributed by atoms with van der Waals surface area (Å²) in [5.74, 6) is 0.836. The Balaban J connectivity index is 1.99. The van der Waals surface area contributed by atoms with E-state index >= 15 is 0 Å². The van der Waals surface area contributed by atoms with Gasteiger partial charge in [0.05, 0.1) is 18.3 Å². The number of methoxy groups -OCH3 is 1. The second-order valence-corrected chi connectivity index (χ2v) is 6.73. The molecule has 0 spiro atoms. The van der Waals surface area contributed by atoms with Crippen LogP contribution in [0.1, 0.15) is 0 Å². The van der Waals surface area contributed by atoms with E-state index in [0.717, 1.165) is 37.9 Å². The van der Waals surface area contributed by atoms with Crippen LogP contribution in [0, 0.1) is 0 Å². The number of aromatic nitrogens is 1. The predicted molar refractivity (Wildman–Crippen MR) is 107 cm³/mol. The van der Waals surface area contributed by atoms with E-state index in [4.69, 9.17) is 9.72 Å². The average molecular weight is 390 g/mol. The minimum atomic E-state index is 0.836. The molecule has 0 aliphatic heterocycles. The molecular weight excluding hydrogens is 374 g/mol. The van der Waals surface area contributed by atoms with Crippen LogP contribution < -0.4 is 4.74 Å². The molecule has 0 unspecified atom stereocenters. The Hall–Kier alpha value is -2.65. The maximum absolute atomic E-state index is 5.41. The molecule has 122 valence electrons. The van der Waals surface area contributed by atoms with Gasteiger partial charge in [-0.25, -0.2) is 4.98 Å². The van der Waals surface area contributed by atoms with Crippen molar-refractivity contribution >= 4 is 26.8 Å². The van der Waals surface area contributed by atoms with Crippen LogP contribution in [0.5, 0.6) is 5.75 Å². The van der Waals surface area contributed by atoms with Gasteiger partial charge in [-0.2, -0.15) is 0 Å². The molecule has 0 atom stereocenters. The van der Waals surface area contributed by atoms with E-state index in [1.807, 2.05) is 30.3 Å². The van der Waals surface area contributed by atoms with Gasteiger partial charge in [0.2, 0.25) is 0 Å². The maximum atomic E-state index is 5.41. The van der Waals surface area contributed by atoms with Crippen molar-refractivity contribution in [2.24, 2.45) is 0 Å². The van der Waals surface area contributed by atoms with Crippen molar-refractivity contribution in [2.45, 2.75) is 0 Å². The van der Waals surface area contributed by atoms with Crippen LogP contribution in [0.2, 0.25) is 0 Å². The fourth-order valence-electron chi connectivity index (χ4n) is 2.96. The van der Waals surface area contributed by atoms with Crippen molar-refractivity contribution < 1.29 is 4.74 Å². The van der Waals surface area contributed by atoms with Crippen LogP contribution in [0.15, 0.2) is 83.3 Å². The van der Waals surface area contributed by atoms with Gasteiger partial charge in [0.15, 0.2) is 0 Å². The molecule has 0 fully saturated rings. The van der Waals surface area contributed by atoms with E-state index in [9.17, 15) is 0 Å². The zero-order valence-corrected chi connectivity index (χ0v) is 15.3. The number of halogens is 1. The lowest BCUT2D eigenvalue weighted by molar-refractivity contribution is 0.415. The van der Waals surface area contributed by atoms with Gasteiger partial charge in [-0.15, -0.1) is 0 Å². The van der Waals surface area contributed by atoms with Crippen LogP contribution in [0.4, 0.5) is 0 Å². The van der Waals surface area contributed by atoms with E-state index in [2.05, 4.69) is 64.5 Å². The minimum Gasteiger partial charge on any atom is -0.497 e. The number of fused-ring (bicyclic) bond motifs is 1. The number of nitrogens with zero attached hydrogens (tertiary/aromatic N) is 1. The fraction of sp³-hybridized carbons (Fsp3) is 0.0455. The largest absolute Gasteiger partial charge is 0.497 e. The topological polar surface area (TPSA) is 22.1 Å². The number of pyridine rings is 1. The van der Waals surface area contributed by atoms with Gasteiger partial charge < -0.3 is 4.74 Å². The predicted octanol–water partition coefficient (Wildman–Crippen LogP) is 6.34. The van der Waals surface area contributed by atoms with Crippen LogP contribution in [0.3, 0.4) is 0 Å². The summed E-state index contributed by atoms with van der Waals surface area (Å²) in [6.45, 7) is 0. The Morgan fingerprint density at radius 3 is 2.28 bits per heavy atom. The zero-order valence-electron chi connectivity index (χ0n) is 13.7. The van der Waals surface area contributed by atoms with Crippen LogP contribution in [-0.4, -0.2) is 12.1 Å². The van der Waals surface area contributed by atoms with Gasteiger partial charge >= 0.3 is 0 Å². The van der Waals surface area contributed by atoms with Gasteiger partial charge in [-0.05, 0) is 47.5 Å². The molecule has 1 aromatic heterocycles. The third kappa shape index (κ3) is 3.15. The Kier molecular flexibility index (Phi) is 4.24. The van der Waals surface area contributed by atoms with Crippen LogP contribution in [-0.2, 0) is 0 Å². The standard InChI is InChI=1S/C22H16BrNO/c1-25-18-11-12-21-20(13-18)19(15-5-3-2-4-6-15)14-22(24-21)16-7-9-17(23)10-8-16/h2-14H,1H3. The van der Waals surface area contributed by atoms with E-state index in [1.54, 1.807) is 7.11 Å². The first-order valence-corrected chi connectivity index (χ1v) is 8.84. The van der Waals surface area contributed by atoms with Gasteiger partial charge in [0, 0.05) is 15.4 Å². The first-order chi connectivity index (χ1) is 12.2. The Labute approximate surface area is 155 Å². The Morgan fingerprint density at radius 2 is 1.56 bits per heavy atom. The minimum absolute atomic E-state index is 0.836. The number of rotatable bonds is 3. The molecule has 0 amide bonds. The normalized spacial score (nSPS) is 10.8. The second kappa shape index (κ2) is 6.69. The van der Waals surface area contributed by atoms with Crippen molar-refractivity contribution in [3.63, 3.8) is 0 Å². The summed E-state index contributed by atoms with van der Waals surface area (Å²) in [4.78, 5) is 4.87. The SMILES string of the molecule is COc1ccc2nc(-c3ccc(Br)cc3)cc(-c3ccccc3)c2c1. The maximum Gasteiger partial charge on any atom is 0.119 e. The van der Waals surface area contributed by atoms with Crippen molar-refractivity contribution in [3.05, 3.63) is 83.3 Å². The molecule has 3 aromatic carbocycles. The third-order valence-corrected chi connectivity index (χ3v) is 4.77. The number of benzene rings is 3. The highest BCUT2D eigenvalue weighted by Gasteiger charge is 2.10. The molecular formula is C22H16BrNO. The monoisotopic (exact) mass is 389 g/mol. The lowest BCUT2D eigenvalue weighted by atomic mass is 9.98. The lowest BCUT2D eigenvalue weighted by Crippen LogP contribution is -1.91. The zero-order chi connectivity index (χ0) is 17.2. The van der Waals surface area contributed by atoms with E-state index in [0.29, 0.717) is 0 Å². The molecule has 0 radical (unpaired) electrons. The van der Waals surface area contributed by atoms with E-state index in [1.165, 1.54) is 5.56 Å². The molecule has 4 aromatic rings. The van der Waals surface area contributed by atoms with E-state index in [-0.39, 0.29) is 0 Å². The van der Waals surface area contributed by atoms with Crippen molar-refractivity contribution in [2.75, 3.05) is 7.11 Å². The first-order valence-electron chi connectivity index (χ1n) is 8.05. The molecule has 25 heavy (non-hydrogen) atoms. The summed E-state index contributed by atoms with van der Waals surface area (Å²) < 4.78 is 6.47. The molecule has 0 bridgehead atoms. The Morgan fingerprint density at radius 1 is 0.800 bits per heavy atom. The summed E-state index contributed by atoms with van der Waals surface area (Å²) >= 11 is 3.49. The Bertz CT molecular complexity index is 1030. The summed E-state index contributed by atoms with van der Waals surface area (Å²) in [5, 5.41) is 1.09. The highest BCUT2D eigenvalue weighted by Crippen LogP contribution is 2.34. The highest BCUT2D eigenvalue weighted by molar-refractivity contribution is 9.10. The molecule has 0 aliphatic carbocycles. The molecule has 2 nitrogen and oxygen atoms in total. The second-order valence-electron chi connectivity index (χ2n) is 5.81. The van der Waals surface area contributed by atoms with Gasteiger partial charge in [0.1, 0.15) is 5.75 Å². The third-order valence-electron chi connectivity index (χ3n) is 4.24. The summed E-state index contributed by atoms with van der Waals surface area (Å²) in [5.41, 5.74) is 5.34. The lowest BCUT2D eigenvalue weighted by Gasteiger charge is -2.12. The van der Waals surface area contributed by atoms with Crippen LogP contribution in [0.25, 0.3) is 33.3 Å². The van der Waals surface area contributed by atoms with Crippen molar-refractivity contribution in [1.29, 1.82) is 0 Å². The summed E-state index contributed by atoms with van der Waals surface area (Å²) in [6, 6.07) is 26.8. The van der Waals surface area contributed by atoms with Crippen LogP contribution >= 0.6 is 15.9 Å². The smallest absolute Gasteiger partial charge is 0.119 e. The quantitative estimate of drug-likeness (QED) is 0.407. The average Bonchev–Trinajstić information content (AvgIpc) is 2.68. The first kappa shape index (κ1) is 15.9. The summed E-state index contributed by atoms with van der Waals surface area (Å²) in [7, 11) is 1.69. The number of ether oxygens (including phenoxy) is 1. The van der Waals surface area contributed by atoms with E-state index < -0.39 is 0 Å². The fourth-order valence-corrected chi connectivity index (χ4v) is 3.22. The van der Waals surface area contributed by atoms with Crippen molar-refractivity contribution in [1.82, 2.24) is 4.98 Å². The molecule has 4 rings (SSSR count). The van der Waals surface area contributed by atoms with Gasteiger partial charge in [0.25, 0.3) is 0 Å². The molecule has 3 heteroatoms. The number of hydrogen-bond acceptors (Lipinski definition) is 2. The van der Waals surface area contributed by atoms with Gasteiger partial charge in [-0.3, -0.25) is 0 Å². The van der Waals surface area contributed by atoms with Gasteiger partial charge in [-0.1, -0.05) is 58.4 Å². The number of hydrogen-bond donors (Lipinski definition) is 0. The molecule has 0 aliphatic rings.